The van der Waals surface area contributed by atoms with Crippen LogP contribution < -0.4 is 20.1 Å². The van der Waals surface area contributed by atoms with Crippen molar-refractivity contribution in [1.29, 1.82) is 0 Å². The van der Waals surface area contributed by atoms with Crippen molar-refractivity contribution in [2.45, 2.75) is 6.92 Å². The number of sulfonamides is 1. The fourth-order valence-electron chi connectivity index (χ4n) is 2.94. The van der Waals surface area contributed by atoms with Crippen LogP contribution in [-0.4, -0.2) is 33.6 Å². The highest BCUT2D eigenvalue weighted by Crippen LogP contribution is 2.29. The highest BCUT2D eigenvalue weighted by Gasteiger charge is 2.14. The van der Waals surface area contributed by atoms with Crippen molar-refractivity contribution in [3.8, 4) is 5.75 Å². The molecule has 0 aromatic heterocycles. The van der Waals surface area contributed by atoms with Gasteiger partial charge >= 0.3 is 0 Å². The van der Waals surface area contributed by atoms with E-state index in [1.54, 1.807) is 48.5 Å². The van der Waals surface area contributed by atoms with Gasteiger partial charge in [0.2, 0.25) is 10.0 Å². The molecule has 0 saturated carbocycles. The Balaban J connectivity index is 1.78. The van der Waals surface area contributed by atoms with E-state index in [9.17, 15) is 18.0 Å². The molecule has 3 aromatic carbocycles. The van der Waals surface area contributed by atoms with Crippen LogP contribution in [0.5, 0.6) is 5.75 Å². The number of rotatable bonds is 7. The maximum atomic E-state index is 12.8. The lowest BCUT2D eigenvalue weighted by atomic mass is 10.1. The van der Waals surface area contributed by atoms with Gasteiger partial charge in [-0.25, -0.2) is 8.42 Å². The Kier molecular flexibility index (Phi) is 6.79. The first-order chi connectivity index (χ1) is 15.2. The second-order valence-electron chi connectivity index (χ2n) is 7.09. The van der Waals surface area contributed by atoms with Crippen molar-refractivity contribution in [3.63, 3.8) is 0 Å². The maximum absolute atomic E-state index is 12.8. The highest BCUT2D eigenvalue weighted by atomic mass is 32.2. The molecule has 166 valence electrons. The normalized spacial score (nSPS) is 10.8. The summed E-state index contributed by atoms with van der Waals surface area (Å²) in [7, 11) is -2.08. The van der Waals surface area contributed by atoms with Crippen molar-refractivity contribution in [3.05, 3.63) is 83.4 Å². The Bertz CT molecular complexity index is 1260. The zero-order valence-electron chi connectivity index (χ0n) is 17.8. The van der Waals surface area contributed by atoms with E-state index >= 15 is 0 Å². The molecule has 0 spiro atoms. The van der Waals surface area contributed by atoms with Crippen LogP contribution in [0.25, 0.3) is 0 Å². The van der Waals surface area contributed by atoms with Gasteiger partial charge in [-0.2, -0.15) is 0 Å². The number of aryl methyl sites for hydroxylation is 1. The Labute approximate surface area is 186 Å². The van der Waals surface area contributed by atoms with E-state index in [1.165, 1.54) is 19.2 Å². The molecule has 0 bridgehead atoms. The fraction of sp³-hybridized carbons (Fsp3) is 0.130. The van der Waals surface area contributed by atoms with Gasteiger partial charge in [0, 0.05) is 28.6 Å². The molecule has 3 aromatic rings. The predicted molar refractivity (Wildman–Crippen MR) is 125 cm³/mol. The van der Waals surface area contributed by atoms with Crippen LogP contribution in [0.15, 0.2) is 66.7 Å². The monoisotopic (exact) mass is 453 g/mol. The number of benzene rings is 3. The Hall–Kier alpha value is -3.85. The first-order valence-corrected chi connectivity index (χ1v) is 11.5. The third kappa shape index (κ3) is 5.86. The summed E-state index contributed by atoms with van der Waals surface area (Å²) >= 11 is 0. The van der Waals surface area contributed by atoms with E-state index in [0.717, 1.165) is 11.8 Å². The van der Waals surface area contributed by atoms with Gasteiger partial charge in [-0.1, -0.05) is 24.3 Å². The van der Waals surface area contributed by atoms with E-state index in [-0.39, 0.29) is 17.3 Å². The Morgan fingerprint density at radius 1 is 0.812 bits per heavy atom. The van der Waals surface area contributed by atoms with Crippen LogP contribution >= 0.6 is 0 Å². The first kappa shape index (κ1) is 22.8. The third-order valence-electron chi connectivity index (χ3n) is 4.54. The second kappa shape index (κ2) is 9.52. The topological polar surface area (TPSA) is 114 Å². The van der Waals surface area contributed by atoms with Gasteiger partial charge in [-0.15, -0.1) is 0 Å². The van der Waals surface area contributed by atoms with E-state index in [1.807, 2.05) is 13.0 Å². The molecule has 8 nitrogen and oxygen atoms in total. The zero-order chi connectivity index (χ0) is 23.3. The van der Waals surface area contributed by atoms with Crippen molar-refractivity contribution in [1.82, 2.24) is 0 Å². The van der Waals surface area contributed by atoms with Gasteiger partial charge in [0.1, 0.15) is 5.75 Å². The van der Waals surface area contributed by atoms with Gasteiger partial charge in [-0.05, 0) is 48.9 Å². The molecule has 2 amide bonds. The number of anilines is 3. The number of hydrogen-bond acceptors (Lipinski definition) is 5. The van der Waals surface area contributed by atoms with Crippen molar-refractivity contribution >= 4 is 38.9 Å². The van der Waals surface area contributed by atoms with Crippen molar-refractivity contribution in [2.24, 2.45) is 0 Å². The minimum absolute atomic E-state index is 0.257. The summed E-state index contributed by atoms with van der Waals surface area (Å²) < 4.78 is 30.5. The average molecular weight is 454 g/mol. The molecule has 0 heterocycles. The molecule has 32 heavy (non-hydrogen) atoms. The quantitative estimate of drug-likeness (QED) is 0.502. The molecular formula is C23H23N3O5S. The molecule has 0 aliphatic rings. The number of carbonyl (C=O) groups excluding carboxylic acids is 2. The van der Waals surface area contributed by atoms with Crippen LogP contribution in [0.2, 0.25) is 0 Å². The van der Waals surface area contributed by atoms with Crippen LogP contribution in [0, 0.1) is 6.92 Å². The smallest absolute Gasteiger partial charge is 0.255 e. The lowest BCUT2D eigenvalue weighted by molar-refractivity contribution is 0.101. The number of ether oxygens (including phenoxy) is 1. The van der Waals surface area contributed by atoms with Gasteiger partial charge in [-0.3, -0.25) is 14.3 Å². The van der Waals surface area contributed by atoms with Gasteiger partial charge in [0.05, 0.1) is 19.1 Å². The van der Waals surface area contributed by atoms with E-state index < -0.39 is 15.9 Å². The fourth-order valence-corrected chi connectivity index (χ4v) is 3.51. The summed E-state index contributed by atoms with van der Waals surface area (Å²) in [5.74, 6) is -0.413. The largest absolute Gasteiger partial charge is 0.494 e. The number of hydrogen-bond donors (Lipinski definition) is 3. The predicted octanol–water partition coefficient (Wildman–Crippen LogP) is 3.88. The molecular weight excluding hydrogens is 430 g/mol. The van der Waals surface area contributed by atoms with Crippen LogP contribution in [0.1, 0.15) is 26.3 Å². The number of carbonyl (C=O) groups is 2. The summed E-state index contributed by atoms with van der Waals surface area (Å²) in [6, 6.07) is 18.3. The SMILES string of the molecule is COc1cc(NC(=O)c2ccc(C)c(NC(=O)c3ccccc3)c2)ccc1NS(C)(=O)=O. The summed E-state index contributed by atoms with van der Waals surface area (Å²) in [6.45, 7) is 1.83. The molecule has 0 aliphatic carbocycles. The average Bonchev–Trinajstić information content (AvgIpc) is 2.75. The molecule has 3 rings (SSSR count). The third-order valence-corrected chi connectivity index (χ3v) is 5.13. The minimum atomic E-state index is -3.48. The molecule has 0 unspecified atom stereocenters. The Morgan fingerprint density at radius 3 is 2.16 bits per heavy atom. The van der Waals surface area contributed by atoms with Gasteiger partial charge < -0.3 is 15.4 Å². The lowest BCUT2D eigenvalue weighted by Gasteiger charge is -2.13. The van der Waals surface area contributed by atoms with Crippen molar-refractivity contribution in [2.75, 3.05) is 28.7 Å². The lowest BCUT2D eigenvalue weighted by Crippen LogP contribution is -2.16. The zero-order valence-corrected chi connectivity index (χ0v) is 18.6. The van der Waals surface area contributed by atoms with Crippen LogP contribution in [0.3, 0.4) is 0 Å². The summed E-state index contributed by atoms with van der Waals surface area (Å²) in [4.78, 5) is 25.2. The van der Waals surface area contributed by atoms with Gasteiger partial charge in [0.15, 0.2) is 0 Å². The van der Waals surface area contributed by atoms with Crippen molar-refractivity contribution < 1.29 is 22.7 Å². The maximum Gasteiger partial charge on any atom is 0.255 e. The molecule has 0 aliphatic heterocycles. The van der Waals surface area contributed by atoms with E-state index in [0.29, 0.717) is 22.5 Å². The van der Waals surface area contributed by atoms with Gasteiger partial charge in [0.25, 0.3) is 11.8 Å². The standard InChI is InChI=1S/C23H23N3O5S/c1-15-9-10-17(13-20(15)25-22(27)16-7-5-4-6-8-16)23(28)24-18-11-12-19(21(14-18)31-2)26-32(3,29)30/h4-14,26H,1-3H3,(H,24,28)(H,25,27). The van der Waals surface area contributed by atoms with E-state index in [4.69, 9.17) is 4.74 Å². The Morgan fingerprint density at radius 2 is 1.50 bits per heavy atom. The molecule has 0 radical (unpaired) electrons. The summed E-state index contributed by atoms with van der Waals surface area (Å²) in [5, 5.41) is 5.57. The molecule has 0 saturated heterocycles. The van der Waals surface area contributed by atoms with Crippen LogP contribution in [0.4, 0.5) is 17.1 Å². The molecule has 0 atom stereocenters. The molecule has 9 heteroatoms. The molecule has 0 fully saturated rings. The highest BCUT2D eigenvalue weighted by molar-refractivity contribution is 7.92. The number of amides is 2. The number of nitrogens with one attached hydrogen (secondary N) is 3. The van der Waals surface area contributed by atoms with E-state index in [2.05, 4.69) is 15.4 Å². The van der Waals surface area contributed by atoms with Crippen LogP contribution in [-0.2, 0) is 10.0 Å². The molecule has 3 N–H and O–H groups in total. The summed E-state index contributed by atoms with van der Waals surface area (Å²) in [5.41, 5.74) is 2.86. The first-order valence-electron chi connectivity index (χ1n) is 9.60. The number of methoxy groups -OCH3 is 1. The second-order valence-corrected chi connectivity index (χ2v) is 8.84. The summed E-state index contributed by atoms with van der Waals surface area (Å²) in [6.07, 6.45) is 1.04. The minimum Gasteiger partial charge on any atom is -0.494 e.